The quantitative estimate of drug-likeness (QED) is 0.0492. The van der Waals surface area contributed by atoms with Crippen LogP contribution in [0.2, 0.25) is 0 Å². The zero-order valence-corrected chi connectivity index (χ0v) is 27.7. The summed E-state index contributed by atoms with van der Waals surface area (Å²) in [6.45, 7) is 4.16. The van der Waals surface area contributed by atoms with E-state index in [4.69, 9.17) is 9.47 Å². The third-order valence-corrected chi connectivity index (χ3v) is 9.23. The number of carbonyl (C=O) groups excluding carboxylic acids is 1. The minimum atomic E-state index is -0.573. The van der Waals surface area contributed by atoms with Gasteiger partial charge >= 0.3 is 5.97 Å². The summed E-state index contributed by atoms with van der Waals surface area (Å²) in [5.74, 6) is -0.146. The zero-order valence-electron chi connectivity index (χ0n) is 27.7. The molecule has 6 nitrogen and oxygen atoms in total. The van der Waals surface area contributed by atoms with Crippen molar-refractivity contribution in [2.75, 3.05) is 0 Å². The van der Waals surface area contributed by atoms with Gasteiger partial charge in [-0.15, -0.1) is 0 Å². The minimum absolute atomic E-state index is 0.0712. The molecule has 3 N–H and O–H groups in total. The van der Waals surface area contributed by atoms with Crippen LogP contribution in [-0.2, 0) is 14.3 Å². The van der Waals surface area contributed by atoms with Gasteiger partial charge in [0.1, 0.15) is 6.10 Å². The predicted octanol–water partition coefficient (Wildman–Crippen LogP) is 8.65. The number of unbranched alkanes of at least 4 members (excludes halogenated alkanes) is 14. The monoisotopic (exact) mass is 606 g/mol. The second kappa shape index (κ2) is 24.1. The van der Waals surface area contributed by atoms with Crippen LogP contribution in [0.3, 0.4) is 0 Å². The number of hydrogen-bond acceptors (Lipinski definition) is 6. The van der Waals surface area contributed by atoms with E-state index in [1.54, 1.807) is 0 Å². The van der Waals surface area contributed by atoms with Crippen LogP contribution >= 0.6 is 0 Å². The Hall–Kier alpha value is -1.21. The second-order valence-electron chi connectivity index (χ2n) is 13.3. The molecule has 2 aliphatic rings. The number of hydrogen-bond donors (Lipinski definition) is 3. The van der Waals surface area contributed by atoms with Gasteiger partial charge in [-0.25, -0.2) is 4.79 Å². The summed E-state index contributed by atoms with van der Waals surface area (Å²) in [4.78, 5) is 11.6. The Balaban J connectivity index is 1.41. The van der Waals surface area contributed by atoms with Crippen LogP contribution in [0.5, 0.6) is 0 Å². The standard InChI is InChI=1S/C37H66O6/c1-3-4-5-6-7-8-9-10-14-17-20-23-32(38)25-26-34(40)36-28-27-35(43-36)33(39)24-21-18-15-12-11-13-16-19-22-31-29-30(2)42-37(31)41/h15,18,29-30,32-36,38-40H,3-14,16-17,19-28H2,1-2H3. The summed E-state index contributed by atoms with van der Waals surface area (Å²) in [6.07, 6.45) is 30.1. The fourth-order valence-electron chi connectivity index (χ4n) is 6.43. The maximum atomic E-state index is 11.6. The first-order chi connectivity index (χ1) is 20.9. The summed E-state index contributed by atoms with van der Waals surface area (Å²) in [7, 11) is 0. The first-order valence-corrected chi connectivity index (χ1v) is 18.2. The fraction of sp³-hybridized carbons (Fsp3) is 0.865. The Morgan fingerprint density at radius 3 is 1.91 bits per heavy atom. The van der Waals surface area contributed by atoms with Gasteiger partial charge in [0.25, 0.3) is 0 Å². The van der Waals surface area contributed by atoms with E-state index in [2.05, 4.69) is 19.1 Å². The molecule has 2 heterocycles. The molecule has 1 saturated heterocycles. The Morgan fingerprint density at radius 1 is 0.721 bits per heavy atom. The molecule has 1 fully saturated rings. The third kappa shape index (κ3) is 17.8. The number of allylic oxidation sites excluding steroid dienone is 2. The highest BCUT2D eigenvalue weighted by atomic mass is 16.5. The molecule has 2 aliphatic heterocycles. The molecule has 0 aromatic heterocycles. The molecule has 0 amide bonds. The van der Waals surface area contributed by atoms with Gasteiger partial charge in [-0.3, -0.25) is 0 Å². The highest BCUT2D eigenvalue weighted by molar-refractivity contribution is 5.90. The minimum Gasteiger partial charge on any atom is -0.455 e. The smallest absolute Gasteiger partial charge is 0.334 e. The molecule has 0 radical (unpaired) electrons. The first kappa shape index (κ1) is 38.0. The lowest BCUT2D eigenvalue weighted by Crippen LogP contribution is -2.31. The predicted molar refractivity (Wildman–Crippen MR) is 176 cm³/mol. The van der Waals surface area contributed by atoms with Gasteiger partial charge < -0.3 is 24.8 Å². The molecule has 250 valence electrons. The molecule has 6 unspecified atom stereocenters. The lowest BCUT2D eigenvalue weighted by atomic mass is 9.99. The van der Waals surface area contributed by atoms with Crippen LogP contribution in [0.15, 0.2) is 23.8 Å². The van der Waals surface area contributed by atoms with Crippen molar-refractivity contribution in [1.82, 2.24) is 0 Å². The summed E-state index contributed by atoms with van der Waals surface area (Å²) in [6, 6.07) is 0. The third-order valence-electron chi connectivity index (χ3n) is 9.23. The molecule has 0 saturated carbocycles. The van der Waals surface area contributed by atoms with Crippen LogP contribution in [0.1, 0.15) is 168 Å². The molecule has 2 rings (SSSR count). The molecule has 0 aliphatic carbocycles. The van der Waals surface area contributed by atoms with Gasteiger partial charge in [0.2, 0.25) is 0 Å². The Kier molecular flexibility index (Phi) is 21.3. The van der Waals surface area contributed by atoms with Crippen LogP contribution in [-0.4, -0.2) is 57.9 Å². The highest BCUT2D eigenvalue weighted by Gasteiger charge is 2.34. The van der Waals surface area contributed by atoms with E-state index in [0.717, 1.165) is 76.2 Å². The number of carbonyl (C=O) groups is 1. The van der Waals surface area contributed by atoms with Gasteiger partial charge in [0.15, 0.2) is 0 Å². The molecule has 0 spiro atoms. The molecule has 6 atom stereocenters. The SMILES string of the molecule is CCCCCCCCCCCCCC(O)CCC(O)C1CCC(C(O)CCC=CCCCCCCC2=CC(C)OC2=O)O1. The van der Waals surface area contributed by atoms with Crippen LogP contribution in [0.25, 0.3) is 0 Å². The maximum absolute atomic E-state index is 11.6. The number of rotatable bonds is 27. The van der Waals surface area contributed by atoms with Crippen LogP contribution in [0.4, 0.5) is 0 Å². The number of aliphatic hydroxyl groups excluding tert-OH is 3. The van der Waals surface area contributed by atoms with E-state index in [1.807, 2.05) is 13.0 Å². The summed E-state index contributed by atoms with van der Waals surface area (Å²) < 4.78 is 11.2. The summed E-state index contributed by atoms with van der Waals surface area (Å²) in [5, 5.41) is 31.6. The molecular formula is C37H66O6. The summed E-state index contributed by atoms with van der Waals surface area (Å²) >= 11 is 0. The van der Waals surface area contributed by atoms with Gasteiger partial charge in [0, 0.05) is 5.57 Å². The van der Waals surface area contributed by atoms with Crippen molar-refractivity contribution in [1.29, 1.82) is 0 Å². The topological polar surface area (TPSA) is 96.2 Å². The van der Waals surface area contributed by atoms with Gasteiger partial charge in [-0.2, -0.15) is 0 Å². The zero-order chi connectivity index (χ0) is 31.1. The van der Waals surface area contributed by atoms with Crippen molar-refractivity contribution >= 4 is 5.97 Å². The van der Waals surface area contributed by atoms with E-state index >= 15 is 0 Å². The van der Waals surface area contributed by atoms with Crippen molar-refractivity contribution in [3.8, 4) is 0 Å². The summed E-state index contributed by atoms with van der Waals surface area (Å²) in [5.41, 5.74) is 0.835. The van der Waals surface area contributed by atoms with Crippen LogP contribution < -0.4 is 0 Å². The first-order valence-electron chi connectivity index (χ1n) is 18.2. The average molecular weight is 607 g/mol. The highest BCUT2D eigenvalue weighted by Crippen LogP contribution is 2.28. The van der Waals surface area contributed by atoms with E-state index in [9.17, 15) is 20.1 Å². The Labute approximate surface area is 263 Å². The number of ether oxygens (including phenoxy) is 2. The van der Waals surface area contributed by atoms with Crippen molar-refractivity contribution in [3.63, 3.8) is 0 Å². The number of aliphatic hydroxyl groups is 3. The fourth-order valence-corrected chi connectivity index (χ4v) is 6.43. The van der Waals surface area contributed by atoms with E-state index in [-0.39, 0.29) is 30.4 Å². The van der Waals surface area contributed by atoms with Gasteiger partial charge in [0.05, 0.1) is 30.5 Å². The number of cyclic esters (lactones) is 1. The lowest BCUT2D eigenvalue weighted by molar-refractivity contribution is -0.139. The van der Waals surface area contributed by atoms with Crippen LogP contribution in [0, 0.1) is 0 Å². The largest absolute Gasteiger partial charge is 0.455 e. The van der Waals surface area contributed by atoms with Gasteiger partial charge in [-0.05, 0) is 83.6 Å². The molecule has 6 heteroatoms. The average Bonchev–Trinajstić information content (AvgIpc) is 3.61. The van der Waals surface area contributed by atoms with Crippen molar-refractivity contribution < 1.29 is 29.6 Å². The van der Waals surface area contributed by atoms with Gasteiger partial charge in [-0.1, -0.05) is 103 Å². The molecule has 0 bridgehead atoms. The Morgan fingerprint density at radius 2 is 1.28 bits per heavy atom. The maximum Gasteiger partial charge on any atom is 0.334 e. The van der Waals surface area contributed by atoms with E-state index in [1.165, 1.54) is 64.2 Å². The molecule has 0 aromatic rings. The molecule has 0 aromatic carbocycles. The van der Waals surface area contributed by atoms with E-state index in [0.29, 0.717) is 19.3 Å². The van der Waals surface area contributed by atoms with Crippen molar-refractivity contribution in [2.45, 2.75) is 205 Å². The lowest BCUT2D eigenvalue weighted by Gasteiger charge is -2.22. The van der Waals surface area contributed by atoms with Crippen molar-refractivity contribution in [3.05, 3.63) is 23.8 Å². The molecule has 43 heavy (non-hydrogen) atoms. The Bertz CT molecular complexity index is 764. The number of esters is 1. The van der Waals surface area contributed by atoms with E-state index < -0.39 is 12.2 Å². The van der Waals surface area contributed by atoms with Crippen molar-refractivity contribution in [2.24, 2.45) is 0 Å². The normalized spacial score (nSPS) is 22.7. The second-order valence-corrected chi connectivity index (χ2v) is 13.3. The molecular weight excluding hydrogens is 540 g/mol.